The first-order chi connectivity index (χ1) is 6.09. The SMILES string of the molecule is CC(O)CC(=O)c1ccc(N)cc1. The molecule has 0 saturated carbocycles. The number of benzene rings is 1. The van der Waals surface area contributed by atoms with Gasteiger partial charge in [-0.3, -0.25) is 4.79 Å². The van der Waals surface area contributed by atoms with E-state index in [9.17, 15) is 4.79 Å². The summed E-state index contributed by atoms with van der Waals surface area (Å²) in [7, 11) is 0. The second-order valence-corrected chi connectivity index (χ2v) is 3.10. The highest BCUT2D eigenvalue weighted by Crippen LogP contribution is 2.08. The molecule has 3 nitrogen and oxygen atoms in total. The fourth-order valence-electron chi connectivity index (χ4n) is 1.06. The summed E-state index contributed by atoms with van der Waals surface area (Å²) in [6.45, 7) is 1.59. The lowest BCUT2D eigenvalue weighted by Gasteiger charge is -2.03. The van der Waals surface area contributed by atoms with Crippen molar-refractivity contribution in [2.45, 2.75) is 19.4 Å². The van der Waals surface area contributed by atoms with Gasteiger partial charge >= 0.3 is 0 Å². The van der Waals surface area contributed by atoms with Crippen molar-refractivity contribution in [1.29, 1.82) is 0 Å². The number of anilines is 1. The zero-order valence-electron chi connectivity index (χ0n) is 7.53. The molecule has 0 aliphatic heterocycles. The van der Waals surface area contributed by atoms with Crippen LogP contribution in [0.25, 0.3) is 0 Å². The summed E-state index contributed by atoms with van der Waals surface area (Å²) in [4.78, 5) is 11.4. The molecular weight excluding hydrogens is 166 g/mol. The molecule has 1 aromatic rings. The van der Waals surface area contributed by atoms with Crippen LogP contribution >= 0.6 is 0 Å². The van der Waals surface area contributed by atoms with Crippen LogP contribution in [-0.2, 0) is 0 Å². The van der Waals surface area contributed by atoms with Crippen LogP contribution in [0.4, 0.5) is 5.69 Å². The Balaban J connectivity index is 2.72. The molecule has 0 fully saturated rings. The molecule has 1 atom stereocenters. The first-order valence-corrected chi connectivity index (χ1v) is 4.16. The number of nitrogen functional groups attached to an aromatic ring is 1. The average molecular weight is 179 g/mol. The molecule has 70 valence electrons. The van der Waals surface area contributed by atoms with Crippen LogP contribution in [-0.4, -0.2) is 17.0 Å². The van der Waals surface area contributed by atoms with Crippen LogP contribution in [0, 0.1) is 0 Å². The summed E-state index contributed by atoms with van der Waals surface area (Å²) in [5, 5.41) is 8.99. The zero-order chi connectivity index (χ0) is 9.84. The maximum absolute atomic E-state index is 11.4. The summed E-state index contributed by atoms with van der Waals surface area (Å²) in [5.41, 5.74) is 6.69. The standard InChI is InChI=1S/C10H13NO2/c1-7(12)6-10(13)8-2-4-9(11)5-3-8/h2-5,7,12H,6,11H2,1H3. The minimum absolute atomic E-state index is 0.0602. The van der Waals surface area contributed by atoms with Gasteiger partial charge in [-0.05, 0) is 31.2 Å². The molecule has 0 aliphatic rings. The smallest absolute Gasteiger partial charge is 0.165 e. The number of hydrogen-bond acceptors (Lipinski definition) is 3. The Hall–Kier alpha value is -1.35. The highest BCUT2D eigenvalue weighted by atomic mass is 16.3. The maximum Gasteiger partial charge on any atom is 0.165 e. The number of aliphatic hydroxyl groups excluding tert-OH is 1. The Morgan fingerprint density at radius 3 is 2.46 bits per heavy atom. The van der Waals surface area contributed by atoms with Crippen molar-refractivity contribution in [2.75, 3.05) is 5.73 Å². The summed E-state index contributed by atoms with van der Waals surface area (Å²) < 4.78 is 0. The molecule has 0 spiro atoms. The number of nitrogens with two attached hydrogens (primary N) is 1. The first-order valence-electron chi connectivity index (χ1n) is 4.16. The van der Waals surface area contributed by atoms with Crippen LogP contribution < -0.4 is 5.73 Å². The van der Waals surface area contributed by atoms with Gasteiger partial charge in [0.15, 0.2) is 5.78 Å². The predicted octanol–water partition coefficient (Wildman–Crippen LogP) is 1.22. The van der Waals surface area contributed by atoms with Crippen molar-refractivity contribution in [3.8, 4) is 0 Å². The molecule has 0 amide bonds. The Kier molecular flexibility index (Phi) is 3.03. The van der Waals surface area contributed by atoms with E-state index in [1.807, 2.05) is 0 Å². The van der Waals surface area contributed by atoms with Crippen molar-refractivity contribution in [3.05, 3.63) is 29.8 Å². The second kappa shape index (κ2) is 4.05. The van der Waals surface area contributed by atoms with E-state index in [-0.39, 0.29) is 12.2 Å². The van der Waals surface area contributed by atoms with Crippen molar-refractivity contribution >= 4 is 11.5 Å². The average Bonchev–Trinajstić information content (AvgIpc) is 2.04. The molecule has 3 heteroatoms. The normalized spacial score (nSPS) is 12.5. The third-order valence-electron chi connectivity index (χ3n) is 1.71. The molecular formula is C10H13NO2. The minimum Gasteiger partial charge on any atom is -0.399 e. The quantitative estimate of drug-likeness (QED) is 0.541. The Morgan fingerprint density at radius 1 is 1.46 bits per heavy atom. The first kappa shape index (κ1) is 9.74. The van der Waals surface area contributed by atoms with E-state index in [1.54, 1.807) is 31.2 Å². The topological polar surface area (TPSA) is 63.3 Å². The van der Waals surface area contributed by atoms with Gasteiger partial charge in [-0.15, -0.1) is 0 Å². The second-order valence-electron chi connectivity index (χ2n) is 3.10. The molecule has 0 bridgehead atoms. The van der Waals surface area contributed by atoms with Gasteiger partial charge in [0, 0.05) is 17.7 Å². The minimum atomic E-state index is -0.593. The third-order valence-corrected chi connectivity index (χ3v) is 1.71. The van der Waals surface area contributed by atoms with Crippen LogP contribution in [0.1, 0.15) is 23.7 Å². The molecule has 1 rings (SSSR count). The van der Waals surface area contributed by atoms with E-state index in [0.717, 1.165) is 0 Å². The number of carbonyl (C=O) groups excluding carboxylic acids is 1. The summed E-state index contributed by atoms with van der Waals surface area (Å²) in [6.07, 6.45) is -0.436. The predicted molar refractivity (Wildman–Crippen MR) is 51.5 cm³/mol. The van der Waals surface area contributed by atoms with Crippen molar-refractivity contribution < 1.29 is 9.90 Å². The molecule has 0 aliphatic carbocycles. The van der Waals surface area contributed by atoms with E-state index < -0.39 is 6.10 Å². The van der Waals surface area contributed by atoms with Crippen LogP contribution in [0.5, 0.6) is 0 Å². The van der Waals surface area contributed by atoms with Gasteiger partial charge in [0.05, 0.1) is 6.10 Å². The molecule has 1 unspecified atom stereocenters. The lowest BCUT2D eigenvalue weighted by Crippen LogP contribution is -2.09. The number of ketones is 1. The highest BCUT2D eigenvalue weighted by molar-refractivity contribution is 5.96. The Labute approximate surface area is 77.2 Å². The maximum atomic E-state index is 11.4. The van der Waals surface area contributed by atoms with Gasteiger partial charge in [-0.2, -0.15) is 0 Å². The summed E-state index contributed by atoms with van der Waals surface area (Å²) in [5.74, 6) is -0.0602. The number of carbonyl (C=O) groups is 1. The highest BCUT2D eigenvalue weighted by Gasteiger charge is 2.08. The summed E-state index contributed by atoms with van der Waals surface area (Å²) >= 11 is 0. The van der Waals surface area contributed by atoms with Crippen molar-refractivity contribution in [1.82, 2.24) is 0 Å². The van der Waals surface area contributed by atoms with E-state index in [2.05, 4.69) is 0 Å². The lowest BCUT2D eigenvalue weighted by molar-refractivity contribution is 0.0901. The number of aliphatic hydroxyl groups is 1. The van der Waals surface area contributed by atoms with Crippen LogP contribution in [0.3, 0.4) is 0 Å². The van der Waals surface area contributed by atoms with Crippen LogP contribution in [0.2, 0.25) is 0 Å². The van der Waals surface area contributed by atoms with Gasteiger partial charge in [0.1, 0.15) is 0 Å². The van der Waals surface area contributed by atoms with Gasteiger partial charge in [0.2, 0.25) is 0 Å². The molecule has 1 aromatic carbocycles. The number of Topliss-reactive ketones (excluding diaryl/α,β-unsaturated/α-hetero) is 1. The molecule has 0 heterocycles. The van der Waals surface area contributed by atoms with Crippen LogP contribution in [0.15, 0.2) is 24.3 Å². The molecule has 0 saturated heterocycles. The van der Waals surface area contributed by atoms with Gasteiger partial charge in [-0.25, -0.2) is 0 Å². The van der Waals surface area contributed by atoms with E-state index in [0.29, 0.717) is 11.3 Å². The fourth-order valence-corrected chi connectivity index (χ4v) is 1.06. The summed E-state index contributed by atoms with van der Waals surface area (Å²) in [6, 6.07) is 6.69. The lowest BCUT2D eigenvalue weighted by atomic mass is 10.1. The van der Waals surface area contributed by atoms with Gasteiger partial charge in [0.25, 0.3) is 0 Å². The molecule has 3 N–H and O–H groups in total. The van der Waals surface area contributed by atoms with Gasteiger partial charge < -0.3 is 10.8 Å². The monoisotopic (exact) mass is 179 g/mol. The van der Waals surface area contributed by atoms with Crippen molar-refractivity contribution in [2.24, 2.45) is 0 Å². The number of rotatable bonds is 3. The van der Waals surface area contributed by atoms with E-state index in [1.165, 1.54) is 0 Å². The molecule has 13 heavy (non-hydrogen) atoms. The van der Waals surface area contributed by atoms with E-state index >= 15 is 0 Å². The number of hydrogen-bond donors (Lipinski definition) is 2. The molecule has 0 aromatic heterocycles. The third kappa shape index (κ3) is 2.87. The largest absolute Gasteiger partial charge is 0.399 e. The Bertz CT molecular complexity index is 290. The molecule has 0 radical (unpaired) electrons. The van der Waals surface area contributed by atoms with Gasteiger partial charge in [-0.1, -0.05) is 0 Å². The van der Waals surface area contributed by atoms with Crippen molar-refractivity contribution in [3.63, 3.8) is 0 Å². The van der Waals surface area contributed by atoms with E-state index in [4.69, 9.17) is 10.8 Å². The zero-order valence-corrected chi connectivity index (χ0v) is 7.53. The Morgan fingerprint density at radius 2 is 2.00 bits per heavy atom. The fraction of sp³-hybridized carbons (Fsp3) is 0.300.